The number of rotatable bonds is 6. The Morgan fingerprint density at radius 3 is 2.46 bits per heavy atom. The lowest BCUT2D eigenvalue weighted by atomic mass is 10.1. The highest BCUT2D eigenvalue weighted by Gasteiger charge is 2.29. The van der Waals surface area contributed by atoms with E-state index in [4.69, 9.17) is 10.00 Å². The van der Waals surface area contributed by atoms with Crippen LogP contribution in [0.1, 0.15) is 31.2 Å². The normalized spacial score (nSPS) is 19.9. The molecule has 1 aliphatic heterocycles. The molecule has 1 atom stereocenters. The van der Waals surface area contributed by atoms with E-state index in [2.05, 4.69) is 11.0 Å². The van der Waals surface area contributed by atoms with Crippen molar-refractivity contribution in [3.8, 4) is 11.8 Å². The zero-order chi connectivity index (χ0) is 18.4. The van der Waals surface area contributed by atoms with Gasteiger partial charge in [-0.25, -0.2) is 0 Å². The van der Waals surface area contributed by atoms with Gasteiger partial charge in [0, 0.05) is 38.6 Å². The van der Waals surface area contributed by atoms with Crippen molar-refractivity contribution in [2.75, 3.05) is 39.3 Å². The first-order valence-corrected chi connectivity index (χ1v) is 9.48. The maximum atomic E-state index is 12.5. The molecule has 0 bridgehead atoms. The van der Waals surface area contributed by atoms with E-state index in [0.717, 1.165) is 39.0 Å². The smallest absolute Gasteiger partial charge is 0.225 e. The summed E-state index contributed by atoms with van der Waals surface area (Å²) in [6.07, 6.45) is 3.88. The van der Waals surface area contributed by atoms with Crippen LogP contribution < -0.4 is 4.74 Å². The van der Waals surface area contributed by atoms with Gasteiger partial charge in [0.05, 0.1) is 11.6 Å². The Morgan fingerprint density at radius 2 is 1.85 bits per heavy atom. The molecule has 26 heavy (non-hydrogen) atoms. The van der Waals surface area contributed by atoms with Crippen LogP contribution in [-0.4, -0.2) is 66.2 Å². The molecule has 2 fully saturated rings. The number of aliphatic hydroxyl groups is 1. The second-order valence-corrected chi connectivity index (χ2v) is 7.21. The molecule has 3 rings (SSSR count). The van der Waals surface area contributed by atoms with Gasteiger partial charge in [-0.3, -0.25) is 9.69 Å². The maximum Gasteiger partial charge on any atom is 0.225 e. The molecule has 0 radical (unpaired) electrons. The number of ether oxygens (including phenoxy) is 1. The number of piperazine rings is 1. The minimum absolute atomic E-state index is 0.215. The summed E-state index contributed by atoms with van der Waals surface area (Å²) in [6.45, 7) is 3.85. The number of amides is 1. The molecule has 1 saturated heterocycles. The Morgan fingerprint density at radius 1 is 1.19 bits per heavy atom. The summed E-state index contributed by atoms with van der Waals surface area (Å²) in [7, 11) is 0. The minimum atomic E-state index is -0.581. The molecule has 1 heterocycles. The van der Waals surface area contributed by atoms with Gasteiger partial charge in [0.2, 0.25) is 5.91 Å². The Kier molecular flexibility index (Phi) is 6.48. The number of β-amino-alcohol motifs (C(OH)–C–C–N with tert-alkyl or cyclic N) is 1. The zero-order valence-electron chi connectivity index (χ0n) is 15.1. The molecule has 140 valence electrons. The molecule has 1 aromatic carbocycles. The standard InChI is InChI=1S/C20H27N3O3/c21-13-16-5-7-19(8-6-16)26-15-18(24)14-22-9-11-23(12-10-22)20(25)17-3-1-2-4-17/h5-8,17-18,24H,1-4,9-12,14-15H2. The van der Waals surface area contributed by atoms with Crippen LogP contribution in [-0.2, 0) is 4.79 Å². The lowest BCUT2D eigenvalue weighted by molar-refractivity contribution is -0.137. The van der Waals surface area contributed by atoms with Gasteiger partial charge in [-0.1, -0.05) is 12.8 Å². The fourth-order valence-corrected chi connectivity index (χ4v) is 3.75. The van der Waals surface area contributed by atoms with E-state index < -0.39 is 6.10 Å². The van der Waals surface area contributed by atoms with Crippen molar-refractivity contribution in [2.45, 2.75) is 31.8 Å². The molecule has 1 unspecified atom stereocenters. The number of benzene rings is 1. The number of aliphatic hydroxyl groups excluding tert-OH is 1. The van der Waals surface area contributed by atoms with Gasteiger partial charge >= 0.3 is 0 Å². The van der Waals surface area contributed by atoms with E-state index >= 15 is 0 Å². The van der Waals surface area contributed by atoms with Gasteiger partial charge in [0.1, 0.15) is 18.5 Å². The van der Waals surface area contributed by atoms with E-state index in [-0.39, 0.29) is 12.5 Å². The van der Waals surface area contributed by atoms with Crippen molar-refractivity contribution >= 4 is 5.91 Å². The molecule has 6 heteroatoms. The van der Waals surface area contributed by atoms with Gasteiger partial charge in [-0.05, 0) is 37.1 Å². The number of nitriles is 1. The predicted octanol–water partition coefficient (Wildman–Crippen LogP) is 1.63. The second-order valence-electron chi connectivity index (χ2n) is 7.21. The zero-order valence-corrected chi connectivity index (χ0v) is 15.1. The van der Waals surface area contributed by atoms with Gasteiger partial charge in [0.25, 0.3) is 0 Å². The van der Waals surface area contributed by atoms with Gasteiger partial charge in [-0.15, -0.1) is 0 Å². The summed E-state index contributed by atoms with van der Waals surface area (Å²) >= 11 is 0. The molecule has 1 saturated carbocycles. The number of carbonyl (C=O) groups is 1. The second kappa shape index (κ2) is 9.02. The lowest BCUT2D eigenvalue weighted by Crippen LogP contribution is -2.52. The third-order valence-electron chi connectivity index (χ3n) is 5.28. The summed E-state index contributed by atoms with van der Waals surface area (Å²) in [5.41, 5.74) is 0.586. The summed E-state index contributed by atoms with van der Waals surface area (Å²) < 4.78 is 5.59. The van der Waals surface area contributed by atoms with Crippen molar-refractivity contribution in [3.05, 3.63) is 29.8 Å². The Balaban J connectivity index is 1.36. The fourth-order valence-electron chi connectivity index (χ4n) is 3.75. The maximum absolute atomic E-state index is 12.5. The predicted molar refractivity (Wildman–Crippen MR) is 97.6 cm³/mol. The lowest BCUT2D eigenvalue weighted by Gasteiger charge is -2.36. The fraction of sp³-hybridized carbons (Fsp3) is 0.600. The van der Waals surface area contributed by atoms with Crippen molar-refractivity contribution in [3.63, 3.8) is 0 Å². The third-order valence-corrected chi connectivity index (χ3v) is 5.28. The minimum Gasteiger partial charge on any atom is -0.491 e. The summed E-state index contributed by atoms with van der Waals surface area (Å²) in [4.78, 5) is 16.6. The average Bonchev–Trinajstić information content (AvgIpc) is 3.21. The van der Waals surface area contributed by atoms with Gasteiger partial charge in [0.15, 0.2) is 0 Å². The first-order valence-electron chi connectivity index (χ1n) is 9.48. The highest BCUT2D eigenvalue weighted by Crippen LogP contribution is 2.26. The molecular weight excluding hydrogens is 330 g/mol. The molecule has 1 aliphatic carbocycles. The number of hydrogen-bond acceptors (Lipinski definition) is 5. The average molecular weight is 357 g/mol. The first kappa shape index (κ1) is 18.7. The van der Waals surface area contributed by atoms with E-state index in [9.17, 15) is 9.90 Å². The van der Waals surface area contributed by atoms with Crippen molar-refractivity contribution in [1.82, 2.24) is 9.80 Å². The molecule has 6 nitrogen and oxygen atoms in total. The third kappa shape index (κ3) is 4.96. The highest BCUT2D eigenvalue weighted by molar-refractivity contribution is 5.79. The van der Waals surface area contributed by atoms with Crippen LogP contribution in [0.15, 0.2) is 24.3 Å². The van der Waals surface area contributed by atoms with E-state index in [0.29, 0.717) is 23.8 Å². The molecule has 0 spiro atoms. The molecule has 0 aromatic heterocycles. The quantitative estimate of drug-likeness (QED) is 0.837. The Labute approximate surface area is 155 Å². The molecule has 1 amide bonds. The van der Waals surface area contributed by atoms with Crippen LogP contribution in [0, 0.1) is 17.2 Å². The SMILES string of the molecule is N#Cc1ccc(OCC(O)CN2CCN(C(=O)C3CCCC3)CC2)cc1. The molecule has 1 aromatic rings. The largest absolute Gasteiger partial charge is 0.491 e. The molecule has 2 aliphatic rings. The van der Waals surface area contributed by atoms with Gasteiger partial charge in [-0.2, -0.15) is 5.26 Å². The Bertz CT molecular complexity index is 627. The van der Waals surface area contributed by atoms with E-state index in [1.54, 1.807) is 24.3 Å². The Hall–Kier alpha value is -2.10. The number of nitrogens with zero attached hydrogens (tertiary/aromatic N) is 3. The first-order chi connectivity index (χ1) is 12.7. The van der Waals surface area contributed by atoms with E-state index in [1.165, 1.54) is 12.8 Å². The van der Waals surface area contributed by atoms with Crippen LogP contribution in [0.4, 0.5) is 0 Å². The van der Waals surface area contributed by atoms with Crippen LogP contribution >= 0.6 is 0 Å². The number of carbonyl (C=O) groups excluding carboxylic acids is 1. The molecular formula is C20H27N3O3. The van der Waals surface area contributed by atoms with Crippen LogP contribution in [0.25, 0.3) is 0 Å². The van der Waals surface area contributed by atoms with Crippen molar-refractivity contribution in [2.24, 2.45) is 5.92 Å². The number of hydrogen-bond donors (Lipinski definition) is 1. The van der Waals surface area contributed by atoms with Crippen LogP contribution in [0.5, 0.6) is 5.75 Å². The van der Waals surface area contributed by atoms with Crippen LogP contribution in [0.2, 0.25) is 0 Å². The monoisotopic (exact) mass is 357 g/mol. The summed E-state index contributed by atoms with van der Waals surface area (Å²) in [5.74, 6) is 1.22. The van der Waals surface area contributed by atoms with Gasteiger partial charge < -0.3 is 14.7 Å². The van der Waals surface area contributed by atoms with Crippen molar-refractivity contribution in [1.29, 1.82) is 5.26 Å². The van der Waals surface area contributed by atoms with Crippen LogP contribution in [0.3, 0.4) is 0 Å². The molecule has 1 N–H and O–H groups in total. The van der Waals surface area contributed by atoms with Crippen molar-refractivity contribution < 1.29 is 14.6 Å². The highest BCUT2D eigenvalue weighted by atomic mass is 16.5. The topological polar surface area (TPSA) is 76.8 Å². The summed E-state index contributed by atoms with van der Waals surface area (Å²) in [6, 6.07) is 8.93. The summed E-state index contributed by atoms with van der Waals surface area (Å²) in [5, 5.41) is 19.0. The van der Waals surface area contributed by atoms with E-state index in [1.807, 2.05) is 4.90 Å².